The van der Waals surface area contributed by atoms with Gasteiger partial charge in [0.1, 0.15) is 5.75 Å². The summed E-state index contributed by atoms with van der Waals surface area (Å²) in [5.41, 5.74) is 3.35. The Morgan fingerprint density at radius 2 is 2.16 bits per heavy atom. The summed E-state index contributed by atoms with van der Waals surface area (Å²) in [5, 5.41) is 8.81. The van der Waals surface area contributed by atoms with Gasteiger partial charge in [0, 0.05) is 24.5 Å². The summed E-state index contributed by atoms with van der Waals surface area (Å²) in [4.78, 5) is 0. The van der Waals surface area contributed by atoms with Crippen molar-refractivity contribution >= 4 is 15.9 Å². The third kappa shape index (κ3) is 4.06. The Balaban J connectivity index is 1.79. The molecule has 0 amide bonds. The topological polar surface area (TPSA) is 39.9 Å². The molecule has 5 heteroatoms. The van der Waals surface area contributed by atoms with Gasteiger partial charge >= 0.3 is 0 Å². The molecule has 0 aliphatic carbocycles. The van der Waals surface area contributed by atoms with Crippen molar-refractivity contribution in [3.8, 4) is 5.75 Å². The second-order valence-electron chi connectivity index (χ2n) is 4.58. The zero-order valence-corrected chi connectivity index (χ0v) is 12.9. The van der Waals surface area contributed by atoms with Crippen LogP contribution in [0.4, 0.5) is 0 Å². The lowest BCUT2D eigenvalue weighted by molar-refractivity contribution is 0.296. The highest BCUT2D eigenvalue weighted by atomic mass is 79.9. The van der Waals surface area contributed by atoms with Gasteiger partial charge in [-0.15, -0.1) is 5.10 Å². The maximum absolute atomic E-state index is 5.80. The third-order valence-electron chi connectivity index (χ3n) is 2.86. The van der Waals surface area contributed by atoms with E-state index in [1.165, 1.54) is 11.1 Å². The Labute approximate surface area is 121 Å². The van der Waals surface area contributed by atoms with Gasteiger partial charge < -0.3 is 4.74 Å². The molecule has 0 aliphatic rings. The van der Waals surface area contributed by atoms with E-state index in [2.05, 4.69) is 58.3 Å². The van der Waals surface area contributed by atoms with Crippen molar-refractivity contribution in [2.24, 2.45) is 0 Å². The third-order valence-corrected chi connectivity index (χ3v) is 3.43. The first-order valence-electron chi connectivity index (χ1n) is 6.34. The molecule has 2 rings (SSSR count). The smallest absolute Gasteiger partial charge is 0.122 e. The van der Waals surface area contributed by atoms with E-state index in [4.69, 9.17) is 4.74 Å². The molecule has 1 aromatic carbocycles. The maximum atomic E-state index is 5.80. The Morgan fingerprint density at radius 3 is 2.89 bits per heavy atom. The fourth-order valence-electron chi connectivity index (χ4n) is 1.78. The van der Waals surface area contributed by atoms with Crippen molar-refractivity contribution in [2.75, 3.05) is 6.61 Å². The van der Waals surface area contributed by atoms with Crippen LogP contribution in [0.1, 0.15) is 23.2 Å². The molecule has 1 aromatic heterocycles. The van der Waals surface area contributed by atoms with Crippen LogP contribution in [-0.2, 0) is 11.9 Å². The van der Waals surface area contributed by atoms with Crippen molar-refractivity contribution in [2.45, 2.75) is 32.1 Å². The first kappa shape index (κ1) is 14.1. The maximum Gasteiger partial charge on any atom is 0.122 e. The first-order chi connectivity index (χ1) is 9.19. The Kier molecular flexibility index (Phi) is 4.96. The van der Waals surface area contributed by atoms with E-state index in [1.807, 2.05) is 10.9 Å². The summed E-state index contributed by atoms with van der Waals surface area (Å²) in [6.45, 7) is 5.65. The van der Waals surface area contributed by atoms with Crippen LogP contribution in [0, 0.1) is 13.8 Å². The molecule has 0 spiro atoms. The molecule has 0 saturated heterocycles. The standard InChI is InChI=1S/C14H18BrN3O/c1-11-4-5-12(2)14(8-11)19-7-3-6-18-10-13(9-15)16-17-18/h4-5,8,10H,3,6-7,9H2,1-2H3. The lowest BCUT2D eigenvalue weighted by Gasteiger charge is -2.09. The molecule has 1 heterocycles. The first-order valence-corrected chi connectivity index (χ1v) is 7.46. The number of alkyl halides is 1. The van der Waals surface area contributed by atoms with Gasteiger partial charge in [0.15, 0.2) is 0 Å². The second kappa shape index (κ2) is 6.70. The zero-order valence-electron chi connectivity index (χ0n) is 11.3. The summed E-state index contributed by atoms with van der Waals surface area (Å²) < 4.78 is 7.65. The van der Waals surface area contributed by atoms with Crippen molar-refractivity contribution in [3.63, 3.8) is 0 Å². The minimum absolute atomic E-state index is 0.688. The second-order valence-corrected chi connectivity index (χ2v) is 5.14. The summed E-state index contributed by atoms with van der Waals surface area (Å²) in [6.07, 6.45) is 2.87. The number of hydrogen-bond donors (Lipinski definition) is 0. The predicted molar refractivity (Wildman–Crippen MR) is 78.7 cm³/mol. The van der Waals surface area contributed by atoms with Gasteiger partial charge in [-0.2, -0.15) is 0 Å². The van der Waals surface area contributed by atoms with Crippen molar-refractivity contribution in [1.82, 2.24) is 15.0 Å². The minimum atomic E-state index is 0.688. The number of nitrogens with zero attached hydrogens (tertiary/aromatic N) is 3. The molecule has 2 aromatic rings. The number of halogens is 1. The van der Waals surface area contributed by atoms with E-state index in [1.54, 1.807) is 0 Å². The zero-order chi connectivity index (χ0) is 13.7. The normalized spacial score (nSPS) is 10.7. The van der Waals surface area contributed by atoms with E-state index >= 15 is 0 Å². The average molecular weight is 324 g/mol. The van der Waals surface area contributed by atoms with E-state index in [0.29, 0.717) is 6.61 Å². The predicted octanol–water partition coefficient (Wildman–Crippen LogP) is 3.26. The van der Waals surface area contributed by atoms with Gasteiger partial charge in [-0.3, -0.25) is 4.68 Å². The largest absolute Gasteiger partial charge is 0.493 e. The molecule has 102 valence electrons. The Bertz CT molecular complexity index is 539. The van der Waals surface area contributed by atoms with E-state index in [9.17, 15) is 0 Å². The Hall–Kier alpha value is -1.36. The van der Waals surface area contributed by atoms with Crippen LogP contribution in [0.25, 0.3) is 0 Å². The quantitative estimate of drug-likeness (QED) is 0.605. The monoisotopic (exact) mass is 323 g/mol. The molecular weight excluding hydrogens is 306 g/mol. The highest BCUT2D eigenvalue weighted by Gasteiger charge is 2.01. The van der Waals surface area contributed by atoms with Crippen molar-refractivity contribution in [3.05, 3.63) is 41.2 Å². The molecule has 0 atom stereocenters. The van der Waals surface area contributed by atoms with Crippen molar-refractivity contribution in [1.29, 1.82) is 0 Å². The number of ether oxygens (including phenoxy) is 1. The minimum Gasteiger partial charge on any atom is -0.493 e. The average Bonchev–Trinajstić information content (AvgIpc) is 2.86. The molecule has 0 saturated carbocycles. The van der Waals surface area contributed by atoms with Crippen LogP contribution >= 0.6 is 15.9 Å². The van der Waals surface area contributed by atoms with Crippen LogP contribution in [-0.4, -0.2) is 21.6 Å². The lowest BCUT2D eigenvalue weighted by Crippen LogP contribution is -2.05. The number of hydrogen-bond acceptors (Lipinski definition) is 3. The molecule has 4 nitrogen and oxygen atoms in total. The van der Waals surface area contributed by atoms with Gasteiger partial charge in [-0.25, -0.2) is 0 Å². The highest BCUT2D eigenvalue weighted by Crippen LogP contribution is 2.19. The van der Waals surface area contributed by atoms with E-state index in [0.717, 1.165) is 29.7 Å². The van der Waals surface area contributed by atoms with Crippen LogP contribution < -0.4 is 4.74 Å². The molecule has 0 N–H and O–H groups in total. The fourth-order valence-corrected chi connectivity index (χ4v) is 2.04. The number of rotatable bonds is 6. The number of aromatic nitrogens is 3. The lowest BCUT2D eigenvalue weighted by atomic mass is 10.1. The molecule has 0 fully saturated rings. The number of aryl methyl sites for hydroxylation is 3. The molecule has 0 aliphatic heterocycles. The number of benzene rings is 1. The van der Waals surface area contributed by atoms with E-state index < -0.39 is 0 Å². The molecular formula is C14H18BrN3O. The molecule has 19 heavy (non-hydrogen) atoms. The van der Waals surface area contributed by atoms with Crippen LogP contribution in [0.5, 0.6) is 5.75 Å². The summed E-state index contributed by atoms with van der Waals surface area (Å²) >= 11 is 3.36. The fraction of sp³-hybridized carbons (Fsp3) is 0.429. The van der Waals surface area contributed by atoms with Crippen LogP contribution in [0.3, 0.4) is 0 Å². The van der Waals surface area contributed by atoms with Crippen LogP contribution in [0.15, 0.2) is 24.4 Å². The highest BCUT2D eigenvalue weighted by molar-refractivity contribution is 9.08. The van der Waals surface area contributed by atoms with Gasteiger partial charge in [0.05, 0.1) is 12.3 Å². The van der Waals surface area contributed by atoms with Gasteiger partial charge in [-0.1, -0.05) is 33.3 Å². The van der Waals surface area contributed by atoms with Gasteiger partial charge in [0.2, 0.25) is 0 Å². The van der Waals surface area contributed by atoms with Gasteiger partial charge in [-0.05, 0) is 31.0 Å². The van der Waals surface area contributed by atoms with Gasteiger partial charge in [0.25, 0.3) is 0 Å². The summed E-state index contributed by atoms with van der Waals surface area (Å²) in [7, 11) is 0. The SMILES string of the molecule is Cc1ccc(C)c(OCCCn2cc(CBr)nn2)c1. The molecule has 0 radical (unpaired) electrons. The van der Waals surface area contributed by atoms with E-state index in [-0.39, 0.29) is 0 Å². The van der Waals surface area contributed by atoms with Crippen LogP contribution in [0.2, 0.25) is 0 Å². The molecule has 0 bridgehead atoms. The molecule has 0 unspecified atom stereocenters. The summed E-state index contributed by atoms with van der Waals surface area (Å²) in [6, 6.07) is 6.26. The summed E-state index contributed by atoms with van der Waals surface area (Å²) in [5.74, 6) is 0.972. The van der Waals surface area contributed by atoms with Crippen molar-refractivity contribution < 1.29 is 4.74 Å². The Morgan fingerprint density at radius 1 is 1.32 bits per heavy atom.